The van der Waals surface area contributed by atoms with Crippen LogP contribution in [-0.2, 0) is 38.3 Å². The quantitative estimate of drug-likeness (QED) is 0.401. The summed E-state index contributed by atoms with van der Waals surface area (Å²) in [6.45, 7) is 0.999. The lowest BCUT2D eigenvalue weighted by Gasteiger charge is -2.52. The van der Waals surface area contributed by atoms with Crippen molar-refractivity contribution in [1.29, 1.82) is 0 Å². The molecule has 4 fully saturated rings. The molecule has 0 aromatic heterocycles. The van der Waals surface area contributed by atoms with Crippen LogP contribution in [0.4, 0.5) is 17.6 Å². The van der Waals surface area contributed by atoms with E-state index in [0.29, 0.717) is 75.4 Å². The second kappa shape index (κ2) is 9.43. The van der Waals surface area contributed by atoms with Crippen molar-refractivity contribution >= 4 is 23.5 Å². The predicted molar refractivity (Wildman–Crippen MR) is 143 cm³/mol. The molecule has 41 heavy (non-hydrogen) atoms. The number of carboxylic acid groups (broad SMARTS) is 1. The number of aliphatic carboxylic acids is 1. The molecule has 2 aromatic rings. The second-order valence-electron chi connectivity index (χ2n) is 12.5. The Balaban J connectivity index is 1.37. The van der Waals surface area contributed by atoms with Crippen LogP contribution in [0.25, 0.3) is 0 Å². The summed E-state index contributed by atoms with van der Waals surface area (Å²) < 4.78 is 61.6. The number of aryl methyl sites for hydroxylation is 1. The lowest BCUT2D eigenvalue weighted by molar-refractivity contribution is -0.228. The molecule has 5 aliphatic rings. The van der Waals surface area contributed by atoms with Crippen molar-refractivity contribution < 1.29 is 37.0 Å². The lowest BCUT2D eigenvalue weighted by atomic mass is 9.63. The maximum Gasteiger partial charge on any atom is 0.426 e. The number of fused-ring (bicyclic) bond motifs is 6. The van der Waals surface area contributed by atoms with Crippen LogP contribution in [0.5, 0.6) is 0 Å². The number of likely N-dealkylation sites (tertiary alicyclic amines) is 1. The highest BCUT2D eigenvalue weighted by atomic mass is 35.5. The van der Waals surface area contributed by atoms with E-state index in [1.54, 1.807) is 18.2 Å². The van der Waals surface area contributed by atoms with E-state index in [1.165, 1.54) is 12.1 Å². The average Bonchev–Trinajstić information content (AvgIpc) is 3.33. The van der Waals surface area contributed by atoms with Gasteiger partial charge in [-0.3, -0.25) is 9.59 Å². The van der Waals surface area contributed by atoms with Gasteiger partial charge in [0.15, 0.2) is 0 Å². The number of rotatable bonds is 5. The maximum absolute atomic E-state index is 14.9. The van der Waals surface area contributed by atoms with Gasteiger partial charge in [0, 0.05) is 23.0 Å². The number of benzene rings is 2. The van der Waals surface area contributed by atoms with Crippen molar-refractivity contribution in [2.75, 3.05) is 13.2 Å². The van der Waals surface area contributed by atoms with Gasteiger partial charge >= 0.3 is 12.1 Å². The summed E-state index contributed by atoms with van der Waals surface area (Å²) in [5, 5.41) is 10.3. The molecule has 3 heterocycles. The van der Waals surface area contributed by atoms with Gasteiger partial charge in [-0.15, -0.1) is 0 Å². The SMILES string of the molecule is CC(F)(c1ccc2c(c1)CCC1N(C(=O)C34CCC(C(=O)O)(CC3)CO4)CCC21Cc1ccc(Cl)cc1)C(F)(F)F. The zero-order valence-electron chi connectivity index (χ0n) is 22.7. The van der Waals surface area contributed by atoms with E-state index in [0.717, 1.165) is 11.1 Å². The monoisotopic (exact) mass is 593 g/mol. The minimum absolute atomic E-state index is 0.00924. The zero-order valence-corrected chi connectivity index (χ0v) is 23.5. The van der Waals surface area contributed by atoms with Crippen LogP contribution in [-0.4, -0.2) is 52.9 Å². The summed E-state index contributed by atoms with van der Waals surface area (Å²) in [6.07, 6.45) is -1.55. The van der Waals surface area contributed by atoms with Gasteiger partial charge in [0.25, 0.3) is 5.91 Å². The summed E-state index contributed by atoms with van der Waals surface area (Å²) in [6, 6.07) is 11.4. The van der Waals surface area contributed by atoms with E-state index in [-0.39, 0.29) is 18.6 Å². The highest BCUT2D eigenvalue weighted by molar-refractivity contribution is 6.30. The van der Waals surface area contributed by atoms with Gasteiger partial charge in [-0.25, -0.2) is 4.39 Å². The topological polar surface area (TPSA) is 66.8 Å². The van der Waals surface area contributed by atoms with Gasteiger partial charge in [0.05, 0.1) is 12.0 Å². The molecular formula is C31H32ClF4NO4. The summed E-state index contributed by atoms with van der Waals surface area (Å²) in [5.41, 5.74) is -3.99. The number of ether oxygens (including phenoxy) is 1. The Morgan fingerprint density at radius 2 is 1.73 bits per heavy atom. The fraction of sp³-hybridized carbons (Fsp3) is 0.548. The molecule has 2 aliphatic carbocycles. The first-order chi connectivity index (χ1) is 19.2. The average molecular weight is 594 g/mol. The van der Waals surface area contributed by atoms with Crippen molar-refractivity contribution in [3.05, 3.63) is 69.7 Å². The molecular weight excluding hydrogens is 562 g/mol. The van der Waals surface area contributed by atoms with Crippen LogP contribution in [0.3, 0.4) is 0 Å². The van der Waals surface area contributed by atoms with E-state index >= 15 is 0 Å². The predicted octanol–water partition coefficient (Wildman–Crippen LogP) is 6.53. The van der Waals surface area contributed by atoms with E-state index < -0.39 is 39.8 Å². The lowest BCUT2D eigenvalue weighted by Crippen LogP contribution is -2.63. The number of nitrogens with zero attached hydrogens (tertiary/aromatic N) is 1. The van der Waals surface area contributed by atoms with Crippen molar-refractivity contribution in [1.82, 2.24) is 4.90 Å². The molecule has 3 unspecified atom stereocenters. The third-order valence-corrected chi connectivity index (χ3v) is 10.6. The molecule has 5 nitrogen and oxygen atoms in total. The number of carbonyl (C=O) groups is 2. The first kappa shape index (κ1) is 28.5. The first-order valence-corrected chi connectivity index (χ1v) is 14.4. The van der Waals surface area contributed by atoms with Crippen molar-refractivity contribution in [3.8, 4) is 0 Å². The van der Waals surface area contributed by atoms with E-state index in [1.807, 2.05) is 17.0 Å². The molecule has 1 saturated carbocycles. The van der Waals surface area contributed by atoms with Gasteiger partial charge in [0.1, 0.15) is 5.60 Å². The van der Waals surface area contributed by atoms with Crippen molar-refractivity contribution in [2.45, 2.75) is 87.2 Å². The highest BCUT2D eigenvalue weighted by Gasteiger charge is 2.61. The maximum atomic E-state index is 14.9. The molecule has 3 atom stereocenters. The molecule has 1 N–H and O–H groups in total. The van der Waals surface area contributed by atoms with E-state index in [9.17, 15) is 32.3 Å². The molecule has 0 radical (unpaired) electrons. The molecule has 3 saturated heterocycles. The molecule has 1 amide bonds. The minimum atomic E-state index is -5.05. The molecule has 3 aliphatic heterocycles. The third-order valence-electron chi connectivity index (χ3n) is 10.4. The molecule has 7 rings (SSSR count). The summed E-state index contributed by atoms with van der Waals surface area (Å²) in [5.74, 6) is -1.02. The Morgan fingerprint density at radius 3 is 2.32 bits per heavy atom. The van der Waals surface area contributed by atoms with Gasteiger partial charge < -0.3 is 14.7 Å². The Kier molecular flexibility index (Phi) is 6.55. The largest absolute Gasteiger partial charge is 0.481 e. The van der Waals surface area contributed by atoms with Gasteiger partial charge in [-0.1, -0.05) is 41.9 Å². The first-order valence-electron chi connectivity index (χ1n) is 14.1. The summed E-state index contributed by atoms with van der Waals surface area (Å²) in [4.78, 5) is 28.0. The molecule has 2 aromatic carbocycles. The molecule has 220 valence electrons. The Morgan fingerprint density at radius 1 is 1.05 bits per heavy atom. The number of carbonyl (C=O) groups excluding carboxylic acids is 1. The number of hydrogen-bond acceptors (Lipinski definition) is 3. The Hall–Kier alpha value is -2.65. The smallest absolute Gasteiger partial charge is 0.426 e. The van der Waals surface area contributed by atoms with Gasteiger partial charge in [-0.2, -0.15) is 13.2 Å². The Bertz CT molecular complexity index is 1370. The van der Waals surface area contributed by atoms with Crippen LogP contribution >= 0.6 is 11.6 Å². The number of amides is 1. The fourth-order valence-electron chi connectivity index (χ4n) is 7.74. The summed E-state index contributed by atoms with van der Waals surface area (Å²) in [7, 11) is 0. The van der Waals surface area contributed by atoms with E-state index in [2.05, 4.69) is 0 Å². The van der Waals surface area contributed by atoms with Crippen LogP contribution in [0.2, 0.25) is 5.02 Å². The van der Waals surface area contributed by atoms with Crippen LogP contribution < -0.4 is 0 Å². The highest BCUT2D eigenvalue weighted by Crippen LogP contribution is 2.54. The van der Waals surface area contributed by atoms with Crippen LogP contribution in [0.1, 0.15) is 67.7 Å². The zero-order chi connectivity index (χ0) is 29.4. The van der Waals surface area contributed by atoms with Crippen LogP contribution in [0.15, 0.2) is 42.5 Å². The normalized spacial score (nSPS) is 32.2. The standard InChI is InChI=1S/C31H32ClF4NO4/c1-27(33,31(34,35)36)21-5-8-23-20(16-21)4-9-24-29(23,17-19-2-6-22(32)7-3-19)14-15-37(24)25(38)30-12-10-28(11-13-30,18-41-30)26(39)40/h2-3,5-8,16,24H,4,9-15,17-18H2,1H3,(H,39,40). The van der Waals surface area contributed by atoms with Crippen molar-refractivity contribution in [3.63, 3.8) is 0 Å². The van der Waals surface area contributed by atoms with Gasteiger partial charge in [0.2, 0.25) is 5.67 Å². The summed E-state index contributed by atoms with van der Waals surface area (Å²) >= 11 is 6.13. The fourth-order valence-corrected chi connectivity index (χ4v) is 7.87. The van der Waals surface area contributed by atoms with Crippen molar-refractivity contribution in [2.24, 2.45) is 5.41 Å². The number of halogens is 5. The minimum Gasteiger partial charge on any atom is -0.481 e. The number of carboxylic acids is 1. The second-order valence-corrected chi connectivity index (χ2v) is 12.9. The number of hydrogen-bond donors (Lipinski definition) is 1. The number of alkyl halides is 4. The molecule has 0 spiro atoms. The van der Waals surface area contributed by atoms with Gasteiger partial charge in [-0.05, 0) is 92.7 Å². The molecule has 10 heteroatoms. The molecule has 2 bridgehead atoms. The third kappa shape index (κ3) is 4.29. The Labute approximate surface area is 240 Å². The van der Waals surface area contributed by atoms with Crippen LogP contribution in [0, 0.1) is 5.41 Å². The van der Waals surface area contributed by atoms with E-state index in [4.69, 9.17) is 16.3 Å².